The lowest BCUT2D eigenvalue weighted by Crippen LogP contribution is -2.39. The van der Waals surface area contributed by atoms with E-state index in [0.717, 1.165) is 16.8 Å². The second kappa shape index (κ2) is 8.52. The summed E-state index contributed by atoms with van der Waals surface area (Å²) in [5.41, 5.74) is 2.88. The summed E-state index contributed by atoms with van der Waals surface area (Å²) in [4.78, 5) is 0. The minimum atomic E-state index is -3.05. The number of aromatic nitrogens is 2. The highest BCUT2D eigenvalue weighted by molar-refractivity contribution is 5.62. The molecule has 2 aromatic carbocycles. The molecule has 0 radical (unpaired) electrons. The van der Waals surface area contributed by atoms with Crippen LogP contribution in [0.4, 0.5) is 14.5 Å². The van der Waals surface area contributed by atoms with E-state index in [4.69, 9.17) is 4.74 Å². The highest BCUT2D eigenvalue weighted by Crippen LogP contribution is 2.38. The Hall–Kier alpha value is -3.57. The number of nitrogens with zero attached hydrogens (tertiary/aromatic N) is 6. The Labute approximate surface area is 183 Å². The molecule has 0 amide bonds. The molecule has 1 aliphatic rings. The molecule has 1 aliphatic heterocycles. The Balaban J connectivity index is 1.63. The largest absolute Gasteiger partial charge is 0.597 e. The lowest BCUT2D eigenvalue weighted by molar-refractivity contribution is -0.0509. The van der Waals surface area contributed by atoms with Crippen molar-refractivity contribution in [1.82, 2.24) is 19.5 Å². The van der Waals surface area contributed by atoms with Gasteiger partial charge < -0.3 is 14.7 Å². The highest BCUT2D eigenvalue weighted by atomic mass is 19.3. The standard InChI is InChI=1S/C21H22F2N6O3/c1-14-11-15(17-9-10-27(2)24-17)7-8-19(14)31-12-16-18(29(30)13-28(3)25-26-29)5-4-6-20(16)32-21(22)23/h4-11,21H,12-13H2,1-3H3. The van der Waals surface area contributed by atoms with Crippen molar-refractivity contribution in [2.45, 2.75) is 20.1 Å². The molecule has 2 heterocycles. The molecule has 1 aromatic heterocycles. The minimum Gasteiger partial charge on any atom is -0.597 e. The zero-order chi connectivity index (χ0) is 22.9. The smallest absolute Gasteiger partial charge is 0.387 e. The first-order chi connectivity index (χ1) is 15.2. The summed E-state index contributed by atoms with van der Waals surface area (Å²) in [6.45, 7) is -1.44. The van der Waals surface area contributed by atoms with E-state index < -0.39 is 11.4 Å². The summed E-state index contributed by atoms with van der Waals surface area (Å²) < 4.78 is 37.1. The first-order valence-electron chi connectivity index (χ1n) is 9.79. The van der Waals surface area contributed by atoms with Gasteiger partial charge in [-0.05, 0) is 48.0 Å². The van der Waals surface area contributed by atoms with Gasteiger partial charge in [0.15, 0.2) is 5.69 Å². The van der Waals surface area contributed by atoms with E-state index in [9.17, 15) is 14.0 Å². The van der Waals surface area contributed by atoms with Crippen LogP contribution in [0.2, 0.25) is 0 Å². The molecule has 1 atom stereocenters. The number of hydroxylamine groups is 1. The van der Waals surface area contributed by atoms with E-state index >= 15 is 0 Å². The van der Waals surface area contributed by atoms with Crippen LogP contribution in [-0.4, -0.2) is 35.1 Å². The minimum absolute atomic E-state index is 0.0943. The number of alkyl halides is 2. The lowest BCUT2D eigenvalue weighted by atomic mass is 10.1. The van der Waals surface area contributed by atoms with Crippen molar-refractivity contribution in [2.75, 3.05) is 13.7 Å². The fourth-order valence-corrected chi connectivity index (χ4v) is 3.51. The second-order valence-electron chi connectivity index (χ2n) is 7.46. The number of hydrogen-bond donors (Lipinski definition) is 0. The third-order valence-electron chi connectivity index (χ3n) is 4.99. The van der Waals surface area contributed by atoms with Crippen LogP contribution in [0, 0.1) is 12.1 Å². The molecule has 0 aliphatic carbocycles. The van der Waals surface area contributed by atoms with Crippen molar-refractivity contribution in [2.24, 2.45) is 17.5 Å². The molecule has 0 saturated heterocycles. The Bertz CT molecular complexity index is 1150. The second-order valence-corrected chi connectivity index (χ2v) is 7.46. The first-order valence-corrected chi connectivity index (χ1v) is 9.79. The van der Waals surface area contributed by atoms with Gasteiger partial charge in [-0.1, -0.05) is 6.07 Å². The molecule has 168 valence electrons. The van der Waals surface area contributed by atoms with Crippen molar-refractivity contribution in [3.8, 4) is 22.8 Å². The number of halogens is 2. The molecule has 1 unspecified atom stereocenters. The van der Waals surface area contributed by atoms with Gasteiger partial charge in [-0.3, -0.25) is 4.68 Å². The Morgan fingerprint density at radius 1 is 1.16 bits per heavy atom. The quantitative estimate of drug-likeness (QED) is 0.394. The highest BCUT2D eigenvalue weighted by Gasteiger charge is 2.33. The SMILES string of the molecule is Cc1cc(-c2ccn(C)n2)ccc1OCc1c(OC(F)F)cccc1[N+]1([O-])CN(C)N=N1. The van der Waals surface area contributed by atoms with Crippen molar-refractivity contribution in [1.29, 1.82) is 0 Å². The van der Waals surface area contributed by atoms with Gasteiger partial charge in [-0.15, -0.1) is 0 Å². The average molecular weight is 444 g/mol. The zero-order valence-corrected chi connectivity index (χ0v) is 17.8. The van der Waals surface area contributed by atoms with Gasteiger partial charge in [-0.2, -0.15) is 18.6 Å². The number of quaternary nitrogens is 1. The van der Waals surface area contributed by atoms with Crippen LogP contribution >= 0.6 is 0 Å². The molecule has 11 heteroatoms. The van der Waals surface area contributed by atoms with Gasteiger partial charge in [0.2, 0.25) is 6.67 Å². The summed E-state index contributed by atoms with van der Waals surface area (Å²) in [7, 11) is 3.44. The van der Waals surface area contributed by atoms with Gasteiger partial charge in [-0.25, -0.2) is 5.01 Å². The van der Waals surface area contributed by atoms with E-state index in [1.165, 1.54) is 23.2 Å². The van der Waals surface area contributed by atoms with Crippen LogP contribution in [0.1, 0.15) is 11.1 Å². The summed E-state index contributed by atoms with van der Waals surface area (Å²) >= 11 is 0. The Morgan fingerprint density at radius 3 is 2.59 bits per heavy atom. The van der Waals surface area contributed by atoms with Crippen molar-refractivity contribution in [3.05, 3.63) is 65.0 Å². The predicted octanol–water partition coefficient (Wildman–Crippen LogP) is 4.57. The number of rotatable bonds is 7. The van der Waals surface area contributed by atoms with Crippen molar-refractivity contribution < 1.29 is 18.3 Å². The van der Waals surface area contributed by atoms with Crippen LogP contribution in [0.25, 0.3) is 11.3 Å². The van der Waals surface area contributed by atoms with E-state index in [-0.39, 0.29) is 30.3 Å². The molecule has 0 spiro atoms. The van der Waals surface area contributed by atoms with Gasteiger partial charge in [0.05, 0.1) is 16.5 Å². The molecule has 9 nitrogen and oxygen atoms in total. The molecule has 4 rings (SSSR count). The maximum absolute atomic E-state index is 13.2. The number of benzene rings is 2. The van der Waals surface area contributed by atoms with E-state index in [2.05, 4.69) is 20.3 Å². The van der Waals surface area contributed by atoms with Crippen LogP contribution < -0.4 is 14.2 Å². The molecule has 0 fully saturated rings. The predicted molar refractivity (Wildman–Crippen MR) is 113 cm³/mol. The molecule has 0 saturated carbocycles. The summed E-state index contributed by atoms with van der Waals surface area (Å²) in [5.74, 6) is 0.401. The maximum Gasteiger partial charge on any atom is 0.387 e. The van der Waals surface area contributed by atoms with E-state index in [1.54, 1.807) is 17.8 Å². The number of hydrogen-bond acceptors (Lipinski definition) is 7. The molecule has 0 bridgehead atoms. The summed E-state index contributed by atoms with van der Waals surface area (Å²) in [6, 6.07) is 11.8. The summed E-state index contributed by atoms with van der Waals surface area (Å²) in [5, 5.41) is 26.4. The van der Waals surface area contributed by atoms with Crippen LogP contribution in [0.5, 0.6) is 11.5 Å². The normalized spacial score (nSPS) is 17.9. The van der Waals surface area contributed by atoms with Crippen LogP contribution in [0.3, 0.4) is 0 Å². The van der Waals surface area contributed by atoms with Crippen molar-refractivity contribution >= 4 is 5.69 Å². The maximum atomic E-state index is 13.2. The number of ether oxygens (including phenoxy) is 2. The molecular formula is C21H22F2N6O3. The zero-order valence-electron chi connectivity index (χ0n) is 17.8. The van der Waals surface area contributed by atoms with Gasteiger partial charge in [0.1, 0.15) is 18.1 Å². The van der Waals surface area contributed by atoms with E-state index in [1.807, 2.05) is 38.4 Å². The van der Waals surface area contributed by atoms with Crippen molar-refractivity contribution in [3.63, 3.8) is 0 Å². The van der Waals surface area contributed by atoms with Crippen LogP contribution in [0.15, 0.2) is 59.1 Å². The topological polar surface area (TPSA) is 87.3 Å². The fourth-order valence-electron chi connectivity index (χ4n) is 3.51. The van der Waals surface area contributed by atoms with Gasteiger partial charge >= 0.3 is 6.61 Å². The average Bonchev–Trinajstić information content (AvgIpc) is 3.33. The molecule has 32 heavy (non-hydrogen) atoms. The monoisotopic (exact) mass is 444 g/mol. The molecule has 3 aromatic rings. The Morgan fingerprint density at radius 2 is 1.97 bits per heavy atom. The lowest BCUT2D eigenvalue weighted by Gasteiger charge is -2.31. The number of aryl methyl sites for hydroxylation is 2. The summed E-state index contributed by atoms with van der Waals surface area (Å²) in [6.07, 6.45) is 1.85. The fraction of sp³-hybridized carbons (Fsp3) is 0.286. The van der Waals surface area contributed by atoms with Gasteiger partial charge in [0.25, 0.3) is 0 Å². The first kappa shape index (κ1) is 21.7. The third-order valence-corrected chi connectivity index (χ3v) is 4.99. The van der Waals surface area contributed by atoms with E-state index in [0.29, 0.717) is 5.75 Å². The Kier molecular flexibility index (Phi) is 5.76. The molecule has 0 N–H and O–H groups in total. The third kappa shape index (κ3) is 4.39. The van der Waals surface area contributed by atoms with Gasteiger partial charge in [0, 0.05) is 31.9 Å². The molecular weight excluding hydrogens is 422 g/mol. The van der Waals surface area contributed by atoms with Crippen LogP contribution in [-0.2, 0) is 13.7 Å².